The molecule has 0 aliphatic carbocycles. The van der Waals surface area contributed by atoms with E-state index in [2.05, 4.69) is 5.32 Å². The van der Waals surface area contributed by atoms with E-state index in [1.54, 1.807) is 0 Å². The summed E-state index contributed by atoms with van der Waals surface area (Å²) in [6.45, 7) is 3.19. The Labute approximate surface area is 105 Å². The summed E-state index contributed by atoms with van der Waals surface area (Å²) in [5, 5.41) is 2.20. The second-order valence-electron chi connectivity index (χ2n) is 4.76. The zero-order chi connectivity index (χ0) is 13.3. The normalized spacial score (nSPS) is 18.8. The molecule has 1 fully saturated rings. The second kappa shape index (κ2) is 4.25. The minimum Gasteiger partial charge on any atom is -0.277 e. The van der Waals surface area contributed by atoms with E-state index in [1.807, 2.05) is 30.3 Å². The van der Waals surface area contributed by atoms with Crippen molar-refractivity contribution in [3.63, 3.8) is 0 Å². The highest BCUT2D eigenvalue weighted by atomic mass is 16.2. The first-order chi connectivity index (χ1) is 8.43. The number of nitrogens with zero attached hydrogens (tertiary/aromatic N) is 1. The van der Waals surface area contributed by atoms with Crippen LogP contribution in [-0.4, -0.2) is 22.7 Å². The molecule has 5 heteroatoms. The van der Waals surface area contributed by atoms with Crippen molar-refractivity contribution in [1.82, 2.24) is 10.2 Å². The van der Waals surface area contributed by atoms with E-state index in [9.17, 15) is 14.4 Å². The molecule has 0 spiro atoms. The average molecular weight is 246 g/mol. The number of imide groups is 2. The van der Waals surface area contributed by atoms with Crippen LogP contribution in [0.1, 0.15) is 19.4 Å². The molecule has 1 N–H and O–H groups in total. The number of hydrogen-bond acceptors (Lipinski definition) is 3. The van der Waals surface area contributed by atoms with Crippen LogP contribution in [0.3, 0.4) is 0 Å². The Hall–Kier alpha value is -2.17. The predicted molar refractivity (Wildman–Crippen MR) is 64.3 cm³/mol. The molecule has 0 atom stereocenters. The van der Waals surface area contributed by atoms with Gasteiger partial charge in [0.25, 0.3) is 0 Å². The molecule has 0 bridgehead atoms. The smallest absolute Gasteiger partial charge is 0.277 e. The van der Waals surface area contributed by atoms with Gasteiger partial charge in [-0.05, 0) is 19.4 Å². The van der Waals surface area contributed by atoms with E-state index in [0.29, 0.717) is 0 Å². The van der Waals surface area contributed by atoms with Crippen LogP contribution >= 0.6 is 0 Å². The zero-order valence-corrected chi connectivity index (χ0v) is 10.3. The Morgan fingerprint density at radius 1 is 1.11 bits per heavy atom. The molecule has 1 aliphatic heterocycles. The predicted octanol–water partition coefficient (Wildman–Crippen LogP) is 1.29. The molecule has 0 saturated carbocycles. The van der Waals surface area contributed by atoms with Gasteiger partial charge in [0.15, 0.2) is 0 Å². The monoisotopic (exact) mass is 246 g/mol. The summed E-state index contributed by atoms with van der Waals surface area (Å²) in [5.74, 6) is -1.03. The maximum Gasteiger partial charge on any atom is 0.331 e. The van der Waals surface area contributed by atoms with Crippen LogP contribution in [0.2, 0.25) is 0 Å². The Balaban J connectivity index is 2.25. The Morgan fingerprint density at radius 2 is 1.72 bits per heavy atom. The average Bonchev–Trinajstić information content (AvgIpc) is 2.34. The van der Waals surface area contributed by atoms with Crippen LogP contribution in [0.4, 0.5) is 4.79 Å². The van der Waals surface area contributed by atoms with Crippen molar-refractivity contribution in [2.45, 2.75) is 20.4 Å². The van der Waals surface area contributed by atoms with Crippen LogP contribution < -0.4 is 5.32 Å². The van der Waals surface area contributed by atoms with Crippen molar-refractivity contribution >= 4 is 17.8 Å². The van der Waals surface area contributed by atoms with Crippen LogP contribution in [0.25, 0.3) is 0 Å². The number of rotatable bonds is 2. The molecule has 4 amide bonds. The molecule has 0 aromatic heterocycles. The van der Waals surface area contributed by atoms with E-state index in [4.69, 9.17) is 0 Å². The van der Waals surface area contributed by atoms with Crippen molar-refractivity contribution in [3.05, 3.63) is 35.9 Å². The first kappa shape index (κ1) is 12.3. The minimum atomic E-state index is -1.21. The number of amides is 4. The lowest BCUT2D eigenvalue weighted by Crippen LogP contribution is -2.61. The molecule has 1 aromatic carbocycles. The van der Waals surface area contributed by atoms with E-state index < -0.39 is 23.3 Å². The van der Waals surface area contributed by atoms with E-state index in [1.165, 1.54) is 13.8 Å². The molecule has 0 unspecified atom stereocenters. The van der Waals surface area contributed by atoms with E-state index in [0.717, 1.165) is 10.5 Å². The molecule has 18 heavy (non-hydrogen) atoms. The molecule has 1 saturated heterocycles. The van der Waals surface area contributed by atoms with Gasteiger partial charge < -0.3 is 0 Å². The van der Waals surface area contributed by atoms with Gasteiger partial charge in [-0.1, -0.05) is 30.3 Å². The molecular formula is C13H14N2O3. The SMILES string of the molecule is CC1(C)C(=O)NC(=O)N(Cc2ccccc2)C1=O. The number of urea groups is 1. The van der Waals surface area contributed by atoms with Gasteiger partial charge in [0.2, 0.25) is 11.8 Å². The first-order valence-electron chi connectivity index (χ1n) is 5.64. The lowest BCUT2D eigenvalue weighted by Gasteiger charge is -2.34. The van der Waals surface area contributed by atoms with Gasteiger partial charge in [0.1, 0.15) is 5.41 Å². The number of carbonyl (C=O) groups is 3. The lowest BCUT2D eigenvalue weighted by molar-refractivity contribution is -0.149. The molecule has 5 nitrogen and oxygen atoms in total. The Morgan fingerprint density at radius 3 is 2.33 bits per heavy atom. The molecular weight excluding hydrogens is 232 g/mol. The third-order valence-electron chi connectivity index (χ3n) is 3.00. The van der Waals surface area contributed by atoms with Gasteiger partial charge in [0, 0.05) is 0 Å². The summed E-state index contributed by atoms with van der Waals surface area (Å²) < 4.78 is 0. The molecule has 1 aliphatic rings. The zero-order valence-electron chi connectivity index (χ0n) is 10.3. The van der Waals surface area contributed by atoms with Crippen molar-refractivity contribution in [2.75, 3.05) is 0 Å². The first-order valence-corrected chi connectivity index (χ1v) is 5.64. The summed E-state index contributed by atoms with van der Waals surface area (Å²) in [4.78, 5) is 36.4. The summed E-state index contributed by atoms with van der Waals surface area (Å²) >= 11 is 0. The van der Waals surface area contributed by atoms with Gasteiger partial charge in [-0.2, -0.15) is 0 Å². The van der Waals surface area contributed by atoms with Crippen LogP contribution in [0, 0.1) is 5.41 Å². The minimum absolute atomic E-state index is 0.169. The highest BCUT2D eigenvalue weighted by Gasteiger charge is 2.46. The number of barbiturate groups is 1. The fourth-order valence-corrected chi connectivity index (χ4v) is 1.76. The van der Waals surface area contributed by atoms with Crippen molar-refractivity contribution in [2.24, 2.45) is 5.41 Å². The molecule has 94 valence electrons. The van der Waals surface area contributed by atoms with E-state index >= 15 is 0 Å². The standard InChI is InChI=1S/C13H14N2O3/c1-13(2)10(16)14-12(18)15(11(13)17)8-9-6-4-3-5-7-9/h3-7H,8H2,1-2H3,(H,14,16,18). The van der Waals surface area contributed by atoms with Crippen LogP contribution in [0.15, 0.2) is 30.3 Å². The van der Waals surface area contributed by atoms with Gasteiger partial charge in [-0.15, -0.1) is 0 Å². The van der Waals surface area contributed by atoms with Gasteiger partial charge in [-0.3, -0.25) is 19.8 Å². The maximum atomic E-state index is 12.1. The largest absolute Gasteiger partial charge is 0.331 e. The quantitative estimate of drug-likeness (QED) is 0.800. The number of benzene rings is 1. The van der Waals surface area contributed by atoms with Crippen LogP contribution in [-0.2, 0) is 16.1 Å². The fraction of sp³-hybridized carbons (Fsp3) is 0.308. The van der Waals surface area contributed by atoms with Crippen molar-refractivity contribution in [3.8, 4) is 0 Å². The van der Waals surface area contributed by atoms with Crippen LogP contribution in [0.5, 0.6) is 0 Å². The highest BCUT2D eigenvalue weighted by Crippen LogP contribution is 2.24. The molecule has 0 radical (unpaired) electrons. The molecule has 1 aromatic rings. The summed E-state index contributed by atoms with van der Waals surface area (Å²) in [7, 11) is 0. The lowest BCUT2D eigenvalue weighted by atomic mass is 9.88. The summed E-state index contributed by atoms with van der Waals surface area (Å²) in [6, 6.07) is 8.51. The third kappa shape index (κ3) is 1.99. The maximum absolute atomic E-state index is 12.1. The van der Waals surface area contributed by atoms with Gasteiger partial charge in [0.05, 0.1) is 6.54 Å². The van der Waals surface area contributed by atoms with Gasteiger partial charge >= 0.3 is 6.03 Å². The topological polar surface area (TPSA) is 66.5 Å². The van der Waals surface area contributed by atoms with Gasteiger partial charge in [-0.25, -0.2) is 4.79 Å². The highest BCUT2D eigenvalue weighted by molar-refractivity contribution is 6.18. The number of nitrogens with one attached hydrogen (secondary N) is 1. The van der Waals surface area contributed by atoms with Crippen molar-refractivity contribution < 1.29 is 14.4 Å². The Bertz CT molecular complexity index is 508. The Kier molecular flexibility index (Phi) is 2.90. The van der Waals surface area contributed by atoms with E-state index in [-0.39, 0.29) is 6.54 Å². The molecule has 1 heterocycles. The second-order valence-corrected chi connectivity index (χ2v) is 4.76. The number of hydrogen-bond donors (Lipinski definition) is 1. The number of carbonyl (C=O) groups excluding carboxylic acids is 3. The third-order valence-corrected chi connectivity index (χ3v) is 3.00. The fourth-order valence-electron chi connectivity index (χ4n) is 1.76. The van der Waals surface area contributed by atoms with Crippen molar-refractivity contribution in [1.29, 1.82) is 0 Å². The molecule has 2 rings (SSSR count). The summed E-state index contributed by atoms with van der Waals surface area (Å²) in [5.41, 5.74) is -0.367. The summed E-state index contributed by atoms with van der Waals surface area (Å²) in [6.07, 6.45) is 0.